The molecule has 2 aromatic rings. The second-order valence-corrected chi connectivity index (χ2v) is 6.82. The molecule has 0 bridgehead atoms. The summed E-state index contributed by atoms with van der Waals surface area (Å²) in [6.45, 7) is 1.65. The fourth-order valence-corrected chi connectivity index (χ4v) is 3.28. The maximum atomic E-state index is 12.5. The van der Waals surface area contributed by atoms with Crippen molar-refractivity contribution in [1.29, 1.82) is 0 Å². The first-order valence-electron chi connectivity index (χ1n) is 8.32. The van der Waals surface area contributed by atoms with Gasteiger partial charge in [0.15, 0.2) is 11.1 Å². The summed E-state index contributed by atoms with van der Waals surface area (Å²) in [5.74, 6) is -1.83. The van der Waals surface area contributed by atoms with E-state index in [4.69, 9.17) is 14.2 Å². The van der Waals surface area contributed by atoms with Crippen LogP contribution in [-0.4, -0.2) is 41.0 Å². The van der Waals surface area contributed by atoms with E-state index in [0.29, 0.717) is 11.1 Å². The van der Waals surface area contributed by atoms with Gasteiger partial charge in [0.05, 0.1) is 17.2 Å². The van der Waals surface area contributed by atoms with Gasteiger partial charge in [-0.25, -0.2) is 9.59 Å². The maximum absolute atomic E-state index is 12.5. The average molecular weight is 433 g/mol. The minimum atomic E-state index is -1.28. The van der Waals surface area contributed by atoms with Crippen molar-refractivity contribution >= 4 is 33.7 Å². The van der Waals surface area contributed by atoms with Gasteiger partial charge in [0, 0.05) is 0 Å². The number of halogens is 1. The number of ether oxygens (including phenoxy) is 3. The van der Waals surface area contributed by atoms with E-state index in [9.17, 15) is 14.4 Å². The molecule has 2 aromatic carbocycles. The standard InChI is InChI=1S/C20H17BrO6/c1-12-16(26-19(23)13-8-4-2-5-9-13)17(15(22)18(21)25-12)27-20(24)14-10-6-3-7-11-14/h2-12,16-18H,1H3/t12-,16-,17-,18+/m1/s1. The van der Waals surface area contributed by atoms with Gasteiger partial charge in [0.2, 0.25) is 11.9 Å². The van der Waals surface area contributed by atoms with Gasteiger partial charge < -0.3 is 14.2 Å². The minimum Gasteiger partial charge on any atom is -0.452 e. The van der Waals surface area contributed by atoms with Crippen molar-refractivity contribution in [3.63, 3.8) is 0 Å². The Morgan fingerprint density at radius 3 is 1.89 bits per heavy atom. The van der Waals surface area contributed by atoms with E-state index in [1.807, 2.05) is 0 Å². The molecule has 7 heteroatoms. The monoisotopic (exact) mass is 432 g/mol. The van der Waals surface area contributed by atoms with E-state index in [0.717, 1.165) is 0 Å². The average Bonchev–Trinajstić information content (AvgIpc) is 2.69. The van der Waals surface area contributed by atoms with Gasteiger partial charge in [0.25, 0.3) is 0 Å². The summed E-state index contributed by atoms with van der Waals surface area (Å²) in [7, 11) is 0. The van der Waals surface area contributed by atoms with Crippen molar-refractivity contribution in [2.24, 2.45) is 0 Å². The second-order valence-electron chi connectivity index (χ2n) is 5.99. The SMILES string of the molecule is C[C@H]1O[C@H](Br)C(=O)[C@@H](OC(=O)c2ccccc2)[C@@H]1OC(=O)c1ccccc1. The predicted molar refractivity (Wildman–Crippen MR) is 99.6 cm³/mol. The molecule has 0 spiro atoms. The smallest absolute Gasteiger partial charge is 0.338 e. The highest BCUT2D eigenvalue weighted by molar-refractivity contribution is 9.09. The van der Waals surface area contributed by atoms with Gasteiger partial charge in [-0.05, 0) is 47.1 Å². The Kier molecular flexibility index (Phi) is 6.03. The number of alkyl halides is 1. The maximum Gasteiger partial charge on any atom is 0.338 e. The Bertz CT molecular complexity index is 823. The number of carbonyl (C=O) groups is 3. The van der Waals surface area contributed by atoms with Crippen LogP contribution in [0.4, 0.5) is 0 Å². The van der Waals surface area contributed by atoms with E-state index in [2.05, 4.69) is 15.9 Å². The Morgan fingerprint density at radius 1 is 0.889 bits per heavy atom. The number of hydrogen-bond acceptors (Lipinski definition) is 6. The highest BCUT2D eigenvalue weighted by atomic mass is 79.9. The third-order valence-corrected chi connectivity index (χ3v) is 4.76. The van der Waals surface area contributed by atoms with Crippen LogP contribution in [0.25, 0.3) is 0 Å². The number of esters is 2. The van der Waals surface area contributed by atoms with Gasteiger partial charge in [-0.3, -0.25) is 4.79 Å². The van der Waals surface area contributed by atoms with Crippen LogP contribution in [0.15, 0.2) is 60.7 Å². The summed E-state index contributed by atoms with van der Waals surface area (Å²) in [5, 5.41) is -0.951. The van der Waals surface area contributed by atoms with Gasteiger partial charge in [-0.15, -0.1) is 0 Å². The van der Waals surface area contributed by atoms with Gasteiger partial charge in [0.1, 0.15) is 0 Å². The van der Waals surface area contributed by atoms with Crippen LogP contribution >= 0.6 is 15.9 Å². The van der Waals surface area contributed by atoms with Gasteiger partial charge in [-0.2, -0.15) is 0 Å². The zero-order valence-corrected chi connectivity index (χ0v) is 16.0. The molecule has 4 atom stereocenters. The lowest BCUT2D eigenvalue weighted by Gasteiger charge is -2.36. The Balaban J connectivity index is 1.81. The van der Waals surface area contributed by atoms with Crippen LogP contribution in [0.3, 0.4) is 0 Å². The lowest BCUT2D eigenvalue weighted by molar-refractivity contribution is -0.168. The molecule has 0 unspecified atom stereocenters. The molecule has 0 amide bonds. The second kappa shape index (κ2) is 8.45. The molecule has 0 aromatic heterocycles. The third-order valence-electron chi connectivity index (χ3n) is 4.10. The van der Waals surface area contributed by atoms with E-state index in [1.165, 1.54) is 0 Å². The molecule has 27 heavy (non-hydrogen) atoms. The molecule has 0 aliphatic carbocycles. The molecular formula is C20H17BrO6. The number of carbonyl (C=O) groups excluding carboxylic acids is 3. The van der Waals surface area contributed by atoms with Crippen LogP contribution in [0.5, 0.6) is 0 Å². The first-order chi connectivity index (χ1) is 13.0. The summed E-state index contributed by atoms with van der Waals surface area (Å²) >= 11 is 3.12. The molecule has 3 rings (SSSR count). The summed E-state index contributed by atoms with van der Waals surface area (Å²) < 4.78 is 16.3. The minimum absolute atomic E-state index is 0.295. The molecule has 6 nitrogen and oxygen atoms in total. The van der Waals surface area contributed by atoms with Crippen molar-refractivity contribution in [3.8, 4) is 0 Å². The van der Waals surface area contributed by atoms with Crippen molar-refractivity contribution < 1.29 is 28.6 Å². The number of hydrogen-bond donors (Lipinski definition) is 0. The first kappa shape index (κ1) is 19.3. The lowest BCUT2D eigenvalue weighted by Crippen LogP contribution is -2.55. The molecule has 1 saturated heterocycles. The third kappa shape index (κ3) is 4.43. The van der Waals surface area contributed by atoms with Crippen molar-refractivity contribution in [3.05, 3.63) is 71.8 Å². The zero-order valence-electron chi connectivity index (χ0n) is 14.4. The van der Waals surface area contributed by atoms with Crippen molar-refractivity contribution in [1.82, 2.24) is 0 Å². The summed E-state index contributed by atoms with van der Waals surface area (Å²) in [5.41, 5.74) is 0.620. The molecule has 140 valence electrons. The number of rotatable bonds is 4. The molecule has 0 radical (unpaired) electrons. The van der Waals surface area contributed by atoms with Gasteiger partial charge >= 0.3 is 11.9 Å². The zero-order chi connectivity index (χ0) is 19.4. The number of ketones is 1. The lowest BCUT2D eigenvalue weighted by atomic mass is 10.0. The topological polar surface area (TPSA) is 78.9 Å². The normalized spacial score (nSPS) is 24.9. The van der Waals surface area contributed by atoms with E-state index in [-0.39, 0.29) is 0 Å². The fraction of sp³-hybridized carbons (Fsp3) is 0.250. The van der Waals surface area contributed by atoms with Crippen LogP contribution in [0.2, 0.25) is 0 Å². The molecule has 1 aliphatic heterocycles. The Morgan fingerprint density at radius 2 is 1.37 bits per heavy atom. The van der Waals surface area contributed by atoms with Crippen LogP contribution < -0.4 is 0 Å². The highest BCUT2D eigenvalue weighted by Gasteiger charge is 2.47. The van der Waals surface area contributed by atoms with E-state index >= 15 is 0 Å². The molecular weight excluding hydrogens is 416 g/mol. The molecule has 1 aliphatic rings. The quantitative estimate of drug-likeness (QED) is 0.545. The Labute approximate surface area is 164 Å². The number of Topliss-reactive ketones (excluding diaryl/α,β-unsaturated/α-hetero) is 1. The molecule has 1 fully saturated rings. The van der Waals surface area contributed by atoms with Crippen LogP contribution in [-0.2, 0) is 19.0 Å². The van der Waals surface area contributed by atoms with Crippen LogP contribution in [0, 0.1) is 0 Å². The number of benzene rings is 2. The molecule has 1 heterocycles. The fourth-order valence-electron chi connectivity index (χ4n) is 2.68. The first-order valence-corrected chi connectivity index (χ1v) is 9.24. The molecule has 0 saturated carbocycles. The summed E-state index contributed by atoms with van der Waals surface area (Å²) in [6.07, 6.45) is -3.00. The van der Waals surface area contributed by atoms with Gasteiger partial charge in [-0.1, -0.05) is 36.4 Å². The Hall–Kier alpha value is -2.51. The largest absolute Gasteiger partial charge is 0.452 e. The predicted octanol–water partition coefficient (Wildman–Crippen LogP) is 3.15. The van der Waals surface area contributed by atoms with Crippen molar-refractivity contribution in [2.75, 3.05) is 0 Å². The molecule has 0 N–H and O–H groups in total. The van der Waals surface area contributed by atoms with Crippen molar-refractivity contribution in [2.45, 2.75) is 30.2 Å². The van der Waals surface area contributed by atoms with Crippen LogP contribution in [0.1, 0.15) is 27.6 Å². The highest BCUT2D eigenvalue weighted by Crippen LogP contribution is 2.27. The summed E-state index contributed by atoms with van der Waals surface area (Å²) in [6, 6.07) is 16.6. The summed E-state index contributed by atoms with van der Waals surface area (Å²) in [4.78, 5) is 37.3. The van der Waals surface area contributed by atoms with E-state index in [1.54, 1.807) is 67.6 Å². The van der Waals surface area contributed by atoms with E-state index < -0.39 is 41.0 Å².